The van der Waals surface area contributed by atoms with Crippen LogP contribution in [0.5, 0.6) is 0 Å². The predicted octanol–water partition coefficient (Wildman–Crippen LogP) is 4.62. The third-order valence-corrected chi connectivity index (χ3v) is 4.40. The van der Waals surface area contributed by atoms with Crippen LogP contribution in [0.15, 0.2) is 27.1 Å². The zero-order valence-electron chi connectivity index (χ0n) is 11.2. The average molecular weight is 377 g/mol. The van der Waals surface area contributed by atoms with Crippen LogP contribution in [0, 0.1) is 11.3 Å². The quantitative estimate of drug-likeness (QED) is 0.818. The highest BCUT2D eigenvalue weighted by Crippen LogP contribution is 2.25. The van der Waals surface area contributed by atoms with Gasteiger partial charge < -0.3 is 5.32 Å². The molecule has 1 aromatic carbocycles. The molecule has 1 atom stereocenters. The van der Waals surface area contributed by atoms with Gasteiger partial charge in [-0.25, -0.2) is 0 Å². The van der Waals surface area contributed by atoms with Gasteiger partial charge >= 0.3 is 0 Å². The SMILES string of the molecule is CC(CNC(=O)c1cc(Br)ccc1Br)C(C)(C)C. The molecular weight excluding hydrogens is 358 g/mol. The first-order chi connectivity index (χ1) is 8.21. The van der Waals surface area contributed by atoms with Crippen molar-refractivity contribution in [2.75, 3.05) is 6.54 Å². The molecule has 0 heterocycles. The zero-order valence-corrected chi connectivity index (χ0v) is 14.4. The van der Waals surface area contributed by atoms with Crippen molar-refractivity contribution in [1.29, 1.82) is 0 Å². The van der Waals surface area contributed by atoms with Gasteiger partial charge in [0.05, 0.1) is 5.56 Å². The number of carbonyl (C=O) groups is 1. The zero-order chi connectivity index (χ0) is 13.9. The second-order valence-corrected chi connectivity index (χ2v) is 7.37. The first kappa shape index (κ1) is 15.7. The van der Waals surface area contributed by atoms with Crippen molar-refractivity contribution >= 4 is 37.8 Å². The second-order valence-electron chi connectivity index (χ2n) is 5.60. The van der Waals surface area contributed by atoms with Crippen molar-refractivity contribution in [3.8, 4) is 0 Å². The average Bonchev–Trinajstić information content (AvgIpc) is 2.27. The fraction of sp³-hybridized carbons (Fsp3) is 0.500. The second kappa shape index (κ2) is 6.20. The molecule has 4 heteroatoms. The van der Waals surface area contributed by atoms with Gasteiger partial charge in [0.2, 0.25) is 0 Å². The third kappa shape index (κ3) is 4.39. The Morgan fingerprint density at radius 2 is 1.94 bits per heavy atom. The Balaban J connectivity index is 2.69. The molecular formula is C14H19Br2NO. The van der Waals surface area contributed by atoms with Crippen molar-refractivity contribution in [3.63, 3.8) is 0 Å². The van der Waals surface area contributed by atoms with Gasteiger partial charge in [0.25, 0.3) is 5.91 Å². The van der Waals surface area contributed by atoms with E-state index in [-0.39, 0.29) is 11.3 Å². The summed E-state index contributed by atoms with van der Waals surface area (Å²) in [5.41, 5.74) is 0.854. The molecule has 0 aliphatic rings. The summed E-state index contributed by atoms with van der Waals surface area (Å²) < 4.78 is 1.71. The summed E-state index contributed by atoms with van der Waals surface area (Å²) >= 11 is 6.77. The minimum Gasteiger partial charge on any atom is -0.352 e. The third-order valence-electron chi connectivity index (χ3n) is 3.22. The molecule has 0 radical (unpaired) electrons. The Bertz CT molecular complexity index is 438. The Morgan fingerprint density at radius 3 is 2.50 bits per heavy atom. The lowest BCUT2D eigenvalue weighted by Gasteiger charge is -2.27. The van der Waals surface area contributed by atoms with Crippen molar-refractivity contribution in [2.45, 2.75) is 27.7 Å². The van der Waals surface area contributed by atoms with Gasteiger partial charge in [-0.1, -0.05) is 43.6 Å². The minimum absolute atomic E-state index is 0.0423. The molecule has 0 spiro atoms. The van der Waals surface area contributed by atoms with Crippen molar-refractivity contribution < 1.29 is 4.79 Å². The molecule has 100 valence electrons. The van der Waals surface area contributed by atoms with Crippen LogP contribution in [0.4, 0.5) is 0 Å². The van der Waals surface area contributed by atoms with Gasteiger partial charge in [0.15, 0.2) is 0 Å². The maximum Gasteiger partial charge on any atom is 0.252 e. The van der Waals surface area contributed by atoms with E-state index in [1.807, 2.05) is 18.2 Å². The van der Waals surface area contributed by atoms with Gasteiger partial charge in [0.1, 0.15) is 0 Å². The van der Waals surface area contributed by atoms with E-state index in [0.29, 0.717) is 18.0 Å². The Labute approximate surface area is 126 Å². The normalized spacial score (nSPS) is 13.2. The van der Waals surface area contributed by atoms with Gasteiger partial charge in [-0.2, -0.15) is 0 Å². The molecule has 1 N–H and O–H groups in total. The summed E-state index contributed by atoms with van der Waals surface area (Å²) in [6.07, 6.45) is 0. The molecule has 1 unspecified atom stereocenters. The number of rotatable bonds is 3. The molecule has 0 bridgehead atoms. The summed E-state index contributed by atoms with van der Waals surface area (Å²) in [6, 6.07) is 5.59. The van der Waals surface area contributed by atoms with Crippen LogP contribution in [-0.4, -0.2) is 12.5 Å². The van der Waals surface area contributed by atoms with Crippen LogP contribution in [0.3, 0.4) is 0 Å². The molecule has 1 rings (SSSR count). The van der Waals surface area contributed by atoms with Gasteiger partial charge in [-0.15, -0.1) is 0 Å². The number of benzene rings is 1. The van der Waals surface area contributed by atoms with E-state index >= 15 is 0 Å². The molecule has 1 amide bonds. The van der Waals surface area contributed by atoms with Gasteiger partial charge in [-0.3, -0.25) is 4.79 Å². The van der Waals surface area contributed by atoms with Crippen LogP contribution >= 0.6 is 31.9 Å². The molecule has 1 aromatic rings. The summed E-state index contributed by atoms with van der Waals surface area (Å²) in [4.78, 5) is 12.1. The fourth-order valence-corrected chi connectivity index (χ4v) is 2.11. The fourth-order valence-electron chi connectivity index (χ4n) is 1.32. The Morgan fingerprint density at radius 1 is 1.33 bits per heavy atom. The van der Waals surface area contributed by atoms with Crippen molar-refractivity contribution in [1.82, 2.24) is 5.32 Å². The largest absolute Gasteiger partial charge is 0.352 e. The van der Waals surface area contributed by atoms with E-state index in [1.54, 1.807) is 0 Å². The first-order valence-corrected chi connectivity index (χ1v) is 7.53. The minimum atomic E-state index is -0.0423. The van der Waals surface area contributed by atoms with Crippen molar-refractivity contribution in [3.05, 3.63) is 32.7 Å². The molecule has 0 saturated heterocycles. The Kier molecular flexibility index (Phi) is 5.41. The van der Waals surface area contributed by atoms with E-state index < -0.39 is 0 Å². The topological polar surface area (TPSA) is 29.1 Å². The van der Waals surface area contributed by atoms with Gasteiger partial charge in [0, 0.05) is 15.5 Å². The molecule has 0 saturated carbocycles. The van der Waals surface area contributed by atoms with E-state index in [2.05, 4.69) is 64.9 Å². The van der Waals surface area contributed by atoms with Crippen LogP contribution in [-0.2, 0) is 0 Å². The number of hydrogen-bond donors (Lipinski definition) is 1. The highest BCUT2D eigenvalue weighted by molar-refractivity contribution is 9.11. The summed E-state index contributed by atoms with van der Waals surface area (Å²) in [7, 11) is 0. The monoisotopic (exact) mass is 375 g/mol. The predicted molar refractivity (Wildman–Crippen MR) is 82.8 cm³/mol. The summed E-state index contributed by atoms with van der Waals surface area (Å²) in [5.74, 6) is 0.381. The van der Waals surface area contributed by atoms with Crippen LogP contribution < -0.4 is 5.32 Å². The number of halogens is 2. The summed E-state index contributed by atoms with van der Waals surface area (Å²) in [6.45, 7) is 9.37. The molecule has 18 heavy (non-hydrogen) atoms. The van der Waals surface area contributed by atoms with Crippen LogP contribution in [0.25, 0.3) is 0 Å². The molecule has 0 aliphatic carbocycles. The molecule has 0 aromatic heterocycles. The lowest BCUT2D eigenvalue weighted by molar-refractivity contribution is 0.0936. The summed E-state index contributed by atoms with van der Waals surface area (Å²) in [5, 5.41) is 2.98. The van der Waals surface area contributed by atoms with E-state index in [9.17, 15) is 4.79 Å². The molecule has 2 nitrogen and oxygen atoms in total. The highest BCUT2D eigenvalue weighted by Gasteiger charge is 2.21. The lowest BCUT2D eigenvalue weighted by Crippen LogP contribution is -2.33. The Hall–Kier alpha value is -0.350. The van der Waals surface area contributed by atoms with E-state index in [1.165, 1.54) is 0 Å². The molecule has 0 fully saturated rings. The number of carbonyl (C=O) groups excluding carboxylic acids is 1. The first-order valence-electron chi connectivity index (χ1n) is 5.95. The van der Waals surface area contributed by atoms with Crippen LogP contribution in [0.2, 0.25) is 0 Å². The smallest absolute Gasteiger partial charge is 0.252 e. The standard InChI is InChI=1S/C14H19Br2NO/c1-9(14(2,3)4)8-17-13(18)11-7-10(15)5-6-12(11)16/h5-7,9H,8H2,1-4H3,(H,17,18). The number of amides is 1. The maximum atomic E-state index is 12.1. The number of hydrogen-bond acceptors (Lipinski definition) is 1. The maximum absolute atomic E-state index is 12.1. The van der Waals surface area contributed by atoms with E-state index in [0.717, 1.165) is 8.95 Å². The van der Waals surface area contributed by atoms with Gasteiger partial charge in [-0.05, 0) is 45.5 Å². The lowest BCUT2D eigenvalue weighted by atomic mass is 9.82. The highest BCUT2D eigenvalue weighted by atomic mass is 79.9. The van der Waals surface area contributed by atoms with Crippen LogP contribution in [0.1, 0.15) is 38.1 Å². The van der Waals surface area contributed by atoms with E-state index in [4.69, 9.17) is 0 Å². The number of nitrogens with one attached hydrogen (secondary N) is 1. The van der Waals surface area contributed by atoms with Crippen molar-refractivity contribution in [2.24, 2.45) is 11.3 Å². The molecule has 0 aliphatic heterocycles.